The number of hydrogen-bond acceptors (Lipinski definition) is 2. The lowest BCUT2D eigenvalue weighted by Gasteiger charge is -2.30. The van der Waals surface area contributed by atoms with Crippen LogP contribution in [0.15, 0.2) is 0 Å². The average molecular weight is 282 g/mol. The van der Waals surface area contributed by atoms with Crippen molar-refractivity contribution >= 4 is 12.0 Å². The third kappa shape index (κ3) is 3.07. The van der Waals surface area contributed by atoms with Crippen LogP contribution in [-0.4, -0.2) is 52.6 Å². The SMILES string of the molecule is CC1CCN(C(=O)N2CCCC(C)(C)CC2)C1C(=O)O. The van der Waals surface area contributed by atoms with Gasteiger partial charge in [-0.1, -0.05) is 20.8 Å². The lowest BCUT2D eigenvalue weighted by molar-refractivity contribution is -0.142. The van der Waals surface area contributed by atoms with Gasteiger partial charge in [0, 0.05) is 19.6 Å². The minimum Gasteiger partial charge on any atom is -0.480 e. The van der Waals surface area contributed by atoms with E-state index in [0.717, 1.165) is 38.8 Å². The van der Waals surface area contributed by atoms with Crippen LogP contribution in [0.25, 0.3) is 0 Å². The Labute approximate surface area is 120 Å². The number of hydrogen-bond donors (Lipinski definition) is 1. The van der Waals surface area contributed by atoms with Gasteiger partial charge in [0.1, 0.15) is 6.04 Å². The molecule has 2 amide bonds. The molecule has 2 aliphatic rings. The second kappa shape index (κ2) is 5.62. The molecular formula is C15H26N2O3. The Hall–Kier alpha value is -1.26. The number of nitrogens with zero attached hydrogens (tertiary/aromatic N) is 2. The van der Waals surface area contributed by atoms with E-state index in [1.165, 1.54) is 0 Å². The summed E-state index contributed by atoms with van der Waals surface area (Å²) in [6.45, 7) is 8.44. The summed E-state index contributed by atoms with van der Waals surface area (Å²) >= 11 is 0. The number of aliphatic carboxylic acids is 1. The molecule has 0 saturated carbocycles. The summed E-state index contributed by atoms with van der Waals surface area (Å²) in [5.74, 6) is -0.835. The molecule has 2 fully saturated rings. The molecule has 0 aromatic rings. The Morgan fingerprint density at radius 1 is 1.15 bits per heavy atom. The van der Waals surface area contributed by atoms with Gasteiger partial charge in [0.05, 0.1) is 0 Å². The number of likely N-dealkylation sites (tertiary alicyclic amines) is 2. The summed E-state index contributed by atoms with van der Waals surface area (Å²) in [5.41, 5.74) is 0.277. The van der Waals surface area contributed by atoms with Gasteiger partial charge in [-0.2, -0.15) is 0 Å². The number of amides is 2. The molecule has 0 bridgehead atoms. The zero-order valence-corrected chi connectivity index (χ0v) is 12.8. The van der Waals surface area contributed by atoms with Crippen molar-refractivity contribution in [3.05, 3.63) is 0 Å². The number of carbonyl (C=O) groups excluding carboxylic acids is 1. The molecule has 0 aliphatic carbocycles. The van der Waals surface area contributed by atoms with E-state index in [1.54, 1.807) is 4.90 Å². The molecule has 2 atom stereocenters. The van der Waals surface area contributed by atoms with Crippen molar-refractivity contribution in [3.63, 3.8) is 0 Å². The molecule has 2 unspecified atom stereocenters. The monoisotopic (exact) mass is 282 g/mol. The largest absolute Gasteiger partial charge is 0.480 e. The van der Waals surface area contributed by atoms with E-state index in [2.05, 4.69) is 13.8 Å². The number of carboxylic acids is 1. The maximum Gasteiger partial charge on any atom is 0.326 e. The summed E-state index contributed by atoms with van der Waals surface area (Å²) in [5, 5.41) is 9.33. The Bertz CT molecular complexity index is 395. The van der Waals surface area contributed by atoms with E-state index in [-0.39, 0.29) is 17.4 Å². The fourth-order valence-electron chi connectivity index (χ4n) is 3.33. The predicted molar refractivity (Wildman–Crippen MR) is 76.5 cm³/mol. The van der Waals surface area contributed by atoms with E-state index in [9.17, 15) is 14.7 Å². The van der Waals surface area contributed by atoms with E-state index >= 15 is 0 Å². The summed E-state index contributed by atoms with van der Waals surface area (Å²) in [4.78, 5) is 27.4. The van der Waals surface area contributed by atoms with E-state index in [1.807, 2.05) is 11.8 Å². The average Bonchev–Trinajstić information content (AvgIpc) is 2.64. The van der Waals surface area contributed by atoms with Crippen LogP contribution in [0.2, 0.25) is 0 Å². The number of carboxylic acid groups (broad SMARTS) is 1. The molecule has 2 aliphatic heterocycles. The van der Waals surface area contributed by atoms with Gasteiger partial charge in [0.15, 0.2) is 0 Å². The molecule has 114 valence electrons. The summed E-state index contributed by atoms with van der Waals surface area (Å²) in [7, 11) is 0. The van der Waals surface area contributed by atoms with Crippen LogP contribution >= 0.6 is 0 Å². The predicted octanol–water partition coefficient (Wildman–Crippen LogP) is 2.41. The fraction of sp³-hybridized carbons (Fsp3) is 0.867. The quantitative estimate of drug-likeness (QED) is 0.803. The molecular weight excluding hydrogens is 256 g/mol. The Morgan fingerprint density at radius 3 is 2.50 bits per heavy atom. The molecule has 0 aromatic carbocycles. The van der Waals surface area contributed by atoms with Crippen molar-refractivity contribution in [1.29, 1.82) is 0 Å². The van der Waals surface area contributed by atoms with Crippen LogP contribution in [0.1, 0.15) is 46.5 Å². The third-order valence-corrected chi connectivity index (χ3v) is 4.81. The van der Waals surface area contributed by atoms with Gasteiger partial charge in [0.2, 0.25) is 0 Å². The van der Waals surface area contributed by atoms with Gasteiger partial charge in [0.25, 0.3) is 0 Å². The van der Waals surface area contributed by atoms with Gasteiger partial charge >= 0.3 is 12.0 Å². The van der Waals surface area contributed by atoms with Gasteiger partial charge < -0.3 is 14.9 Å². The zero-order chi connectivity index (χ0) is 14.9. The fourth-order valence-corrected chi connectivity index (χ4v) is 3.33. The van der Waals surface area contributed by atoms with Crippen molar-refractivity contribution in [2.75, 3.05) is 19.6 Å². The highest BCUT2D eigenvalue weighted by atomic mass is 16.4. The van der Waals surface area contributed by atoms with Crippen LogP contribution in [0, 0.1) is 11.3 Å². The van der Waals surface area contributed by atoms with Crippen molar-refractivity contribution in [2.24, 2.45) is 11.3 Å². The van der Waals surface area contributed by atoms with Crippen LogP contribution < -0.4 is 0 Å². The first-order valence-corrected chi connectivity index (χ1v) is 7.60. The smallest absolute Gasteiger partial charge is 0.326 e. The molecule has 5 nitrogen and oxygen atoms in total. The molecule has 2 saturated heterocycles. The number of urea groups is 1. The Kier molecular flexibility index (Phi) is 4.25. The highest BCUT2D eigenvalue weighted by molar-refractivity contribution is 5.83. The first-order valence-electron chi connectivity index (χ1n) is 7.60. The van der Waals surface area contributed by atoms with Gasteiger partial charge in [-0.25, -0.2) is 9.59 Å². The maximum atomic E-state index is 12.6. The standard InChI is InChI=1S/C15H26N2O3/c1-11-5-9-17(12(11)13(18)19)14(20)16-8-4-6-15(2,3)7-10-16/h11-12H,4-10H2,1-3H3,(H,18,19). The lowest BCUT2D eigenvalue weighted by Crippen LogP contribution is -2.49. The van der Waals surface area contributed by atoms with E-state index in [0.29, 0.717) is 6.54 Å². The molecule has 1 N–H and O–H groups in total. The highest BCUT2D eigenvalue weighted by Gasteiger charge is 2.41. The summed E-state index contributed by atoms with van der Waals surface area (Å²) in [6.07, 6.45) is 3.89. The van der Waals surface area contributed by atoms with Crippen LogP contribution in [-0.2, 0) is 4.79 Å². The van der Waals surface area contributed by atoms with Gasteiger partial charge in [-0.3, -0.25) is 0 Å². The van der Waals surface area contributed by atoms with Crippen molar-refractivity contribution in [3.8, 4) is 0 Å². The van der Waals surface area contributed by atoms with Crippen LogP contribution in [0.3, 0.4) is 0 Å². The molecule has 5 heteroatoms. The normalized spacial score (nSPS) is 30.1. The van der Waals surface area contributed by atoms with Crippen molar-refractivity contribution in [1.82, 2.24) is 9.80 Å². The Morgan fingerprint density at radius 2 is 1.85 bits per heavy atom. The summed E-state index contributed by atoms with van der Waals surface area (Å²) < 4.78 is 0. The van der Waals surface area contributed by atoms with Gasteiger partial charge in [-0.15, -0.1) is 0 Å². The third-order valence-electron chi connectivity index (χ3n) is 4.81. The number of rotatable bonds is 1. The molecule has 20 heavy (non-hydrogen) atoms. The van der Waals surface area contributed by atoms with E-state index < -0.39 is 12.0 Å². The Balaban J connectivity index is 2.05. The molecule has 0 radical (unpaired) electrons. The lowest BCUT2D eigenvalue weighted by atomic mass is 9.85. The van der Waals surface area contributed by atoms with Crippen LogP contribution in [0.5, 0.6) is 0 Å². The first kappa shape index (κ1) is 15.1. The molecule has 0 aromatic heterocycles. The van der Waals surface area contributed by atoms with E-state index in [4.69, 9.17) is 0 Å². The number of carbonyl (C=O) groups is 2. The molecule has 2 heterocycles. The van der Waals surface area contributed by atoms with Crippen LogP contribution in [0.4, 0.5) is 4.79 Å². The maximum absolute atomic E-state index is 12.6. The molecule has 0 spiro atoms. The van der Waals surface area contributed by atoms with Crippen molar-refractivity contribution < 1.29 is 14.7 Å². The highest BCUT2D eigenvalue weighted by Crippen LogP contribution is 2.31. The minimum absolute atomic E-state index is 0.0415. The second-order valence-electron chi connectivity index (χ2n) is 7.03. The second-order valence-corrected chi connectivity index (χ2v) is 7.03. The molecule has 2 rings (SSSR count). The first-order chi connectivity index (χ1) is 9.32. The summed E-state index contributed by atoms with van der Waals surface area (Å²) in [6, 6.07) is -0.738. The zero-order valence-electron chi connectivity index (χ0n) is 12.8. The minimum atomic E-state index is -0.876. The topological polar surface area (TPSA) is 60.9 Å². The van der Waals surface area contributed by atoms with Crippen molar-refractivity contribution in [2.45, 2.75) is 52.5 Å². The van der Waals surface area contributed by atoms with Gasteiger partial charge in [-0.05, 0) is 37.0 Å².